The third kappa shape index (κ3) is 3.35. The summed E-state index contributed by atoms with van der Waals surface area (Å²) in [7, 11) is 0. The van der Waals surface area contributed by atoms with E-state index in [1.807, 2.05) is 36.4 Å². The molecule has 2 aliphatic rings. The zero-order valence-corrected chi connectivity index (χ0v) is 16.1. The topological polar surface area (TPSA) is 58.6 Å². The number of rotatable bonds is 3. The largest absolute Gasteiger partial charge is 0.508 e. The average molecular weight is 385 g/mol. The van der Waals surface area contributed by atoms with Gasteiger partial charge in [0.1, 0.15) is 12.4 Å². The molecule has 5 rings (SSSR count). The molecule has 0 radical (unpaired) electrons. The van der Waals surface area contributed by atoms with Crippen LogP contribution in [0.5, 0.6) is 5.75 Å². The van der Waals surface area contributed by atoms with Crippen LogP contribution < -0.4 is 5.32 Å². The van der Waals surface area contributed by atoms with Crippen molar-refractivity contribution in [2.45, 2.75) is 31.2 Å². The maximum Gasteiger partial charge on any atom is 0.407 e. The van der Waals surface area contributed by atoms with Crippen LogP contribution in [0.4, 0.5) is 4.79 Å². The summed E-state index contributed by atoms with van der Waals surface area (Å²) in [6.07, 6.45) is 2.09. The Balaban J connectivity index is 1.24. The minimum absolute atomic E-state index is 0.0580. The molecule has 1 amide bonds. The highest BCUT2D eigenvalue weighted by molar-refractivity contribution is 5.79. The van der Waals surface area contributed by atoms with Crippen molar-refractivity contribution >= 4 is 6.09 Å². The number of ether oxygens (including phenoxy) is 1. The molecule has 0 aliphatic heterocycles. The first-order valence-corrected chi connectivity index (χ1v) is 10.1. The lowest BCUT2D eigenvalue weighted by Crippen LogP contribution is -2.39. The van der Waals surface area contributed by atoms with Gasteiger partial charge in [0.25, 0.3) is 0 Å². The minimum Gasteiger partial charge on any atom is -0.508 e. The minimum atomic E-state index is -0.362. The van der Waals surface area contributed by atoms with Gasteiger partial charge in [-0.1, -0.05) is 54.6 Å². The fourth-order valence-electron chi connectivity index (χ4n) is 4.67. The van der Waals surface area contributed by atoms with Gasteiger partial charge in [0.2, 0.25) is 0 Å². The molecular weight excluding hydrogens is 362 g/mol. The van der Waals surface area contributed by atoms with Gasteiger partial charge in [0.15, 0.2) is 0 Å². The van der Waals surface area contributed by atoms with Gasteiger partial charge >= 0.3 is 6.09 Å². The van der Waals surface area contributed by atoms with Crippen molar-refractivity contribution in [2.75, 3.05) is 6.61 Å². The van der Waals surface area contributed by atoms with Gasteiger partial charge < -0.3 is 15.2 Å². The fourth-order valence-corrected chi connectivity index (χ4v) is 4.67. The normalized spacial score (nSPS) is 17.2. The lowest BCUT2D eigenvalue weighted by Gasteiger charge is -2.25. The Morgan fingerprint density at radius 3 is 2.38 bits per heavy atom. The van der Waals surface area contributed by atoms with Crippen molar-refractivity contribution in [3.8, 4) is 16.9 Å². The molecule has 0 saturated carbocycles. The number of aromatic hydroxyl groups is 1. The predicted octanol–water partition coefficient (Wildman–Crippen LogP) is 4.79. The average Bonchev–Trinajstić information content (AvgIpc) is 3.06. The number of hydrogen-bond acceptors (Lipinski definition) is 3. The monoisotopic (exact) mass is 385 g/mol. The molecule has 3 aromatic rings. The number of carbonyl (C=O) groups is 1. The van der Waals surface area contributed by atoms with Crippen LogP contribution in [0.25, 0.3) is 11.1 Å². The Kier molecular flexibility index (Phi) is 4.47. The van der Waals surface area contributed by atoms with Crippen molar-refractivity contribution in [2.24, 2.45) is 0 Å². The number of amides is 1. The van der Waals surface area contributed by atoms with Gasteiger partial charge in [-0.15, -0.1) is 0 Å². The summed E-state index contributed by atoms with van der Waals surface area (Å²) < 4.78 is 5.66. The molecule has 3 aromatic carbocycles. The highest BCUT2D eigenvalue weighted by atomic mass is 16.5. The summed E-state index contributed by atoms with van der Waals surface area (Å²) in [5.74, 6) is 0.370. The Morgan fingerprint density at radius 2 is 1.66 bits per heavy atom. The van der Waals surface area contributed by atoms with Crippen molar-refractivity contribution in [1.29, 1.82) is 0 Å². The van der Waals surface area contributed by atoms with Crippen LogP contribution in [0.3, 0.4) is 0 Å². The number of benzene rings is 3. The van der Waals surface area contributed by atoms with Crippen molar-refractivity contribution in [1.82, 2.24) is 5.32 Å². The van der Waals surface area contributed by atoms with Crippen LogP contribution in [-0.2, 0) is 17.6 Å². The molecule has 0 bridgehead atoms. The lowest BCUT2D eigenvalue weighted by atomic mass is 9.88. The highest BCUT2D eigenvalue weighted by Gasteiger charge is 2.29. The summed E-state index contributed by atoms with van der Waals surface area (Å²) in [5.41, 5.74) is 7.22. The Bertz CT molecular complexity index is 1030. The van der Waals surface area contributed by atoms with E-state index in [1.165, 1.54) is 27.8 Å². The Hall–Kier alpha value is -3.27. The van der Waals surface area contributed by atoms with E-state index in [2.05, 4.69) is 29.6 Å². The van der Waals surface area contributed by atoms with E-state index < -0.39 is 0 Å². The smallest absolute Gasteiger partial charge is 0.407 e. The van der Waals surface area contributed by atoms with Gasteiger partial charge in [0, 0.05) is 12.0 Å². The molecule has 1 unspecified atom stereocenters. The zero-order chi connectivity index (χ0) is 19.8. The van der Waals surface area contributed by atoms with Gasteiger partial charge in [-0.2, -0.15) is 0 Å². The number of phenolic OH excluding ortho intramolecular Hbond substituents is 1. The highest BCUT2D eigenvalue weighted by Crippen LogP contribution is 2.44. The Labute approximate surface area is 170 Å². The van der Waals surface area contributed by atoms with Crippen molar-refractivity contribution < 1.29 is 14.6 Å². The number of hydrogen-bond donors (Lipinski definition) is 2. The third-order valence-corrected chi connectivity index (χ3v) is 6.08. The number of fused-ring (bicyclic) bond motifs is 4. The SMILES string of the molecule is O=C(NC1CCc2cc(O)ccc2C1)OCC1c2ccccc2-c2ccccc21. The van der Waals surface area contributed by atoms with Crippen LogP contribution in [0.1, 0.15) is 34.6 Å². The molecule has 4 heteroatoms. The summed E-state index contributed by atoms with van der Waals surface area (Å²) in [6.45, 7) is 0.330. The summed E-state index contributed by atoms with van der Waals surface area (Å²) in [4.78, 5) is 12.5. The summed E-state index contributed by atoms with van der Waals surface area (Å²) in [5, 5.41) is 12.6. The van der Waals surface area contributed by atoms with Crippen LogP contribution in [0.15, 0.2) is 66.7 Å². The van der Waals surface area contributed by atoms with E-state index >= 15 is 0 Å². The van der Waals surface area contributed by atoms with Crippen LogP contribution in [0, 0.1) is 0 Å². The van der Waals surface area contributed by atoms with Crippen LogP contribution in [0.2, 0.25) is 0 Å². The van der Waals surface area contributed by atoms with Gasteiger partial charge in [-0.25, -0.2) is 4.79 Å². The molecule has 146 valence electrons. The molecule has 29 heavy (non-hydrogen) atoms. The number of carbonyl (C=O) groups excluding carboxylic acids is 1. The van der Waals surface area contributed by atoms with E-state index in [0.29, 0.717) is 12.4 Å². The molecule has 1 atom stereocenters. The molecular formula is C25H23NO3. The van der Waals surface area contributed by atoms with Crippen LogP contribution >= 0.6 is 0 Å². The summed E-state index contributed by atoms with van der Waals surface area (Å²) >= 11 is 0. The number of phenols is 1. The molecule has 2 aliphatic carbocycles. The van der Waals surface area contributed by atoms with E-state index in [1.54, 1.807) is 6.07 Å². The van der Waals surface area contributed by atoms with Crippen molar-refractivity contribution in [3.05, 3.63) is 89.0 Å². The first kappa shape index (κ1) is 17.8. The van der Waals surface area contributed by atoms with Gasteiger partial charge in [0.05, 0.1) is 0 Å². The molecule has 2 N–H and O–H groups in total. The van der Waals surface area contributed by atoms with Gasteiger partial charge in [-0.3, -0.25) is 0 Å². The second kappa shape index (κ2) is 7.28. The second-order valence-electron chi connectivity index (χ2n) is 7.86. The number of aryl methyl sites for hydroxylation is 1. The first-order valence-electron chi connectivity index (χ1n) is 10.1. The van der Waals surface area contributed by atoms with E-state index in [9.17, 15) is 9.90 Å². The third-order valence-electron chi connectivity index (χ3n) is 6.08. The second-order valence-corrected chi connectivity index (χ2v) is 7.86. The number of nitrogens with one attached hydrogen (secondary N) is 1. The predicted molar refractivity (Wildman–Crippen MR) is 112 cm³/mol. The lowest BCUT2D eigenvalue weighted by molar-refractivity contribution is 0.138. The van der Waals surface area contributed by atoms with Crippen molar-refractivity contribution in [3.63, 3.8) is 0 Å². The molecule has 0 aromatic heterocycles. The maximum absolute atomic E-state index is 12.5. The summed E-state index contributed by atoms with van der Waals surface area (Å²) in [6, 6.07) is 22.2. The molecule has 0 spiro atoms. The maximum atomic E-state index is 12.5. The first-order chi connectivity index (χ1) is 14.2. The standard InChI is InChI=1S/C25H23NO3/c27-19-12-10-16-13-18(11-9-17(16)14-19)26-25(28)29-15-24-22-7-3-1-5-20(22)21-6-2-4-8-23(21)24/h1-8,10,12,14,18,24,27H,9,11,13,15H2,(H,26,28). The number of alkyl carbamates (subject to hydrolysis) is 1. The van der Waals surface area contributed by atoms with E-state index in [0.717, 1.165) is 24.8 Å². The van der Waals surface area contributed by atoms with Crippen LogP contribution in [-0.4, -0.2) is 23.8 Å². The fraction of sp³-hybridized carbons (Fsp3) is 0.240. The molecule has 4 nitrogen and oxygen atoms in total. The molecule has 0 fully saturated rings. The quantitative estimate of drug-likeness (QED) is 0.682. The molecule has 0 saturated heterocycles. The molecule has 0 heterocycles. The van der Waals surface area contributed by atoms with E-state index in [4.69, 9.17) is 4.74 Å². The van der Waals surface area contributed by atoms with Gasteiger partial charge in [-0.05, 0) is 64.8 Å². The van der Waals surface area contributed by atoms with E-state index in [-0.39, 0.29) is 18.1 Å². The Morgan fingerprint density at radius 1 is 0.966 bits per heavy atom. The zero-order valence-electron chi connectivity index (χ0n) is 16.1.